The van der Waals surface area contributed by atoms with Gasteiger partial charge in [0.1, 0.15) is 0 Å². The maximum atomic E-state index is 12.7. The van der Waals surface area contributed by atoms with Crippen molar-refractivity contribution in [2.24, 2.45) is 13.0 Å². The standard InChI is InChI=1S/C13H14FN3O3S/c1-16-12-3-2-11(5-10(12)6-15-16)17-7-9(4-13(17)18)8-21(14,19)20/h2-3,5-6,9H,4,7-8H2,1H3. The van der Waals surface area contributed by atoms with E-state index in [-0.39, 0.29) is 18.9 Å². The van der Waals surface area contributed by atoms with Crippen LogP contribution in [0.5, 0.6) is 0 Å². The summed E-state index contributed by atoms with van der Waals surface area (Å²) in [7, 11) is -2.74. The number of nitrogens with zero attached hydrogens (tertiary/aromatic N) is 3. The monoisotopic (exact) mass is 311 g/mol. The fourth-order valence-electron chi connectivity index (χ4n) is 2.74. The molecular formula is C13H14FN3O3S. The lowest BCUT2D eigenvalue weighted by Gasteiger charge is -2.16. The third-order valence-corrected chi connectivity index (χ3v) is 4.55. The fourth-order valence-corrected chi connectivity index (χ4v) is 3.53. The van der Waals surface area contributed by atoms with Crippen molar-refractivity contribution in [2.45, 2.75) is 6.42 Å². The Bertz CT molecular complexity index is 815. The SMILES string of the molecule is Cn1ncc2cc(N3CC(CS(=O)(=O)F)CC3=O)ccc21. The quantitative estimate of drug-likeness (QED) is 0.799. The Kier molecular flexibility index (Phi) is 3.20. The summed E-state index contributed by atoms with van der Waals surface area (Å²) < 4.78 is 35.9. The van der Waals surface area contributed by atoms with Crippen LogP contribution in [0.2, 0.25) is 0 Å². The summed E-state index contributed by atoms with van der Waals surface area (Å²) in [5, 5.41) is 5.02. The van der Waals surface area contributed by atoms with Crippen LogP contribution in [-0.2, 0) is 22.1 Å². The molecule has 0 bridgehead atoms. The molecule has 8 heteroatoms. The summed E-state index contributed by atoms with van der Waals surface area (Å²) in [6.07, 6.45) is 1.75. The second kappa shape index (κ2) is 4.80. The molecule has 1 atom stereocenters. The molecular weight excluding hydrogens is 297 g/mol. The van der Waals surface area contributed by atoms with Crippen LogP contribution in [-0.4, -0.2) is 36.4 Å². The van der Waals surface area contributed by atoms with E-state index in [1.807, 2.05) is 19.2 Å². The number of carbonyl (C=O) groups is 1. The van der Waals surface area contributed by atoms with Crippen LogP contribution in [0.25, 0.3) is 10.9 Å². The number of rotatable bonds is 3. The summed E-state index contributed by atoms with van der Waals surface area (Å²) in [6.45, 7) is 0.216. The topological polar surface area (TPSA) is 72.3 Å². The molecule has 112 valence electrons. The minimum atomic E-state index is -4.56. The normalized spacial score (nSPS) is 19.6. The van der Waals surface area contributed by atoms with Crippen molar-refractivity contribution >= 4 is 32.7 Å². The van der Waals surface area contributed by atoms with E-state index in [0.29, 0.717) is 5.69 Å². The van der Waals surface area contributed by atoms with E-state index in [1.54, 1.807) is 16.9 Å². The van der Waals surface area contributed by atoms with Gasteiger partial charge in [0, 0.05) is 37.0 Å². The third-order valence-electron chi connectivity index (χ3n) is 3.68. The molecule has 1 aliphatic rings. The van der Waals surface area contributed by atoms with Crippen molar-refractivity contribution in [2.75, 3.05) is 17.2 Å². The molecule has 3 rings (SSSR count). The van der Waals surface area contributed by atoms with Crippen LogP contribution in [0, 0.1) is 5.92 Å². The first-order valence-corrected chi connectivity index (χ1v) is 8.03. The number of benzene rings is 1. The highest BCUT2D eigenvalue weighted by Crippen LogP contribution is 2.28. The Morgan fingerprint density at radius 2 is 2.19 bits per heavy atom. The zero-order valence-electron chi connectivity index (χ0n) is 11.4. The van der Waals surface area contributed by atoms with Gasteiger partial charge in [0.2, 0.25) is 5.91 Å². The Labute approximate surface area is 121 Å². The summed E-state index contributed by atoms with van der Waals surface area (Å²) in [6, 6.07) is 5.46. The van der Waals surface area contributed by atoms with Gasteiger partial charge in [-0.15, -0.1) is 3.89 Å². The van der Waals surface area contributed by atoms with E-state index in [0.717, 1.165) is 10.9 Å². The zero-order valence-corrected chi connectivity index (χ0v) is 12.2. The fraction of sp³-hybridized carbons (Fsp3) is 0.385. The van der Waals surface area contributed by atoms with E-state index in [4.69, 9.17) is 0 Å². The minimum absolute atomic E-state index is 0.0498. The smallest absolute Gasteiger partial charge is 0.302 e. The number of fused-ring (bicyclic) bond motifs is 1. The number of hydrogen-bond donors (Lipinski definition) is 0. The zero-order chi connectivity index (χ0) is 15.2. The summed E-state index contributed by atoms with van der Waals surface area (Å²) in [4.78, 5) is 13.5. The van der Waals surface area contributed by atoms with Crippen molar-refractivity contribution < 1.29 is 17.1 Å². The average molecular weight is 311 g/mol. The van der Waals surface area contributed by atoms with E-state index in [1.165, 1.54) is 4.90 Å². The molecule has 1 unspecified atom stereocenters. The molecule has 2 heterocycles. The van der Waals surface area contributed by atoms with Crippen molar-refractivity contribution in [3.8, 4) is 0 Å². The molecule has 1 aromatic heterocycles. The van der Waals surface area contributed by atoms with Gasteiger partial charge in [-0.05, 0) is 18.2 Å². The first-order valence-electron chi connectivity index (χ1n) is 6.48. The minimum Gasteiger partial charge on any atom is -0.312 e. The van der Waals surface area contributed by atoms with Gasteiger partial charge in [0.25, 0.3) is 0 Å². The number of halogens is 1. The molecule has 21 heavy (non-hydrogen) atoms. The number of anilines is 1. The Hall–Kier alpha value is -1.96. The van der Waals surface area contributed by atoms with Gasteiger partial charge in [-0.1, -0.05) is 0 Å². The number of aryl methyl sites for hydroxylation is 1. The average Bonchev–Trinajstić information content (AvgIpc) is 2.91. The Morgan fingerprint density at radius 1 is 1.43 bits per heavy atom. The van der Waals surface area contributed by atoms with E-state index >= 15 is 0 Å². The number of amides is 1. The first-order chi connectivity index (χ1) is 9.83. The second-order valence-electron chi connectivity index (χ2n) is 5.29. The van der Waals surface area contributed by atoms with Crippen LogP contribution >= 0.6 is 0 Å². The maximum absolute atomic E-state index is 12.7. The maximum Gasteiger partial charge on any atom is 0.302 e. The largest absolute Gasteiger partial charge is 0.312 e. The van der Waals surface area contributed by atoms with Crippen LogP contribution in [0.15, 0.2) is 24.4 Å². The van der Waals surface area contributed by atoms with Crippen LogP contribution in [0.4, 0.5) is 9.57 Å². The molecule has 1 saturated heterocycles. The molecule has 1 aliphatic heterocycles. The van der Waals surface area contributed by atoms with E-state index < -0.39 is 21.9 Å². The molecule has 1 fully saturated rings. The van der Waals surface area contributed by atoms with E-state index in [9.17, 15) is 17.1 Å². The molecule has 1 aromatic carbocycles. The van der Waals surface area contributed by atoms with Gasteiger partial charge in [0.05, 0.1) is 17.5 Å². The third kappa shape index (κ3) is 2.76. The van der Waals surface area contributed by atoms with Crippen LogP contribution in [0.3, 0.4) is 0 Å². The van der Waals surface area contributed by atoms with Crippen molar-refractivity contribution in [3.05, 3.63) is 24.4 Å². The van der Waals surface area contributed by atoms with Crippen molar-refractivity contribution in [1.29, 1.82) is 0 Å². The van der Waals surface area contributed by atoms with Gasteiger partial charge >= 0.3 is 10.2 Å². The van der Waals surface area contributed by atoms with Gasteiger partial charge in [-0.25, -0.2) is 0 Å². The highest BCUT2D eigenvalue weighted by Gasteiger charge is 2.33. The van der Waals surface area contributed by atoms with Crippen molar-refractivity contribution in [1.82, 2.24) is 9.78 Å². The lowest BCUT2D eigenvalue weighted by molar-refractivity contribution is -0.117. The van der Waals surface area contributed by atoms with Gasteiger partial charge in [-0.3, -0.25) is 9.48 Å². The van der Waals surface area contributed by atoms with E-state index in [2.05, 4.69) is 5.10 Å². The Balaban J connectivity index is 1.87. The summed E-state index contributed by atoms with van der Waals surface area (Å²) >= 11 is 0. The number of aromatic nitrogens is 2. The number of carbonyl (C=O) groups excluding carboxylic acids is 1. The van der Waals surface area contributed by atoms with Gasteiger partial charge in [0.15, 0.2) is 0 Å². The highest BCUT2D eigenvalue weighted by atomic mass is 32.3. The molecule has 0 aliphatic carbocycles. The molecule has 2 aromatic rings. The summed E-state index contributed by atoms with van der Waals surface area (Å²) in [5.74, 6) is -1.30. The lowest BCUT2D eigenvalue weighted by atomic mass is 10.1. The van der Waals surface area contributed by atoms with Crippen LogP contribution < -0.4 is 4.90 Å². The molecule has 0 spiro atoms. The molecule has 0 saturated carbocycles. The molecule has 6 nitrogen and oxygen atoms in total. The molecule has 0 radical (unpaired) electrons. The predicted octanol–water partition coefficient (Wildman–Crippen LogP) is 1.23. The molecule has 1 amide bonds. The molecule has 0 N–H and O–H groups in total. The first kappa shape index (κ1) is 14.0. The lowest BCUT2D eigenvalue weighted by Crippen LogP contribution is -2.25. The highest BCUT2D eigenvalue weighted by molar-refractivity contribution is 7.86. The van der Waals surface area contributed by atoms with Gasteiger partial charge < -0.3 is 4.90 Å². The predicted molar refractivity (Wildman–Crippen MR) is 76.1 cm³/mol. The van der Waals surface area contributed by atoms with Crippen LogP contribution in [0.1, 0.15) is 6.42 Å². The van der Waals surface area contributed by atoms with Gasteiger partial charge in [-0.2, -0.15) is 13.5 Å². The number of hydrogen-bond acceptors (Lipinski definition) is 4. The summed E-state index contributed by atoms with van der Waals surface area (Å²) in [5.41, 5.74) is 1.62. The Morgan fingerprint density at radius 3 is 2.90 bits per heavy atom. The second-order valence-corrected chi connectivity index (χ2v) is 6.70. The van der Waals surface area contributed by atoms with Crippen molar-refractivity contribution in [3.63, 3.8) is 0 Å².